The molecule has 0 fully saturated rings. The van der Waals surface area contributed by atoms with Gasteiger partial charge in [-0.3, -0.25) is 9.69 Å². The van der Waals surface area contributed by atoms with E-state index >= 15 is 0 Å². The molecule has 27 heavy (non-hydrogen) atoms. The van der Waals surface area contributed by atoms with E-state index in [9.17, 15) is 4.79 Å². The zero-order valence-electron chi connectivity index (χ0n) is 16.2. The lowest BCUT2D eigenvalue weighted by Gasteiger charge is -2.16. The standard InChI is InChI=1S/C21H28N2O4/c1-23(12-7-13-27-18-8-5-4-6-9-18)16-21(24)22-15-17-10-11-19(25-2)20(14-17)26-3/h4-6,8-11,14H,7,12-13,15-16H2,1-3H3,(H,22,24). The van der Waals surface area contributed by atoms with E-state index in [1.165, 1.54) is 0 Å². The average Bonchev–Trinajstić information content (AvgIpc) is 2.70. The third kappa shape index (κ3) is 7.19. The number of para-hydroxylation sites is 1. The second-order valence-corrected chi connectivity index (χ2v) is 6.22. The zero-order chi connectivity index (χ0) is 19.5. The van der Waals surface area contributed by atoms with Gasteiger partial charge in [-0.2, -0.15) is 0 Å². The van der Waals surface area contributed by atoms with E-state index in [-0.39, 0.29) is 5.91 Å². The molecule has 2 rings (SSSR count). The molecule has 2 aromatic carbocycles. The first-order valence-electron chi connectivity index (χ1n) is 8.96. The molecule has 0 saturated heterocycles. The summed E-state index contributed by atoms with van der Waals surface area (Å²) in [4.78, 5) is 14.1. The minimum Gasteiger partial charge on any atom is -0.494 e. The van der Waals surface area contributed by atoms with Gasteiger partial charge in [0.05, 0.1) is 27.4 Å². The number of hydrogen-bond donors (Lipinski definition) is 1. The van der Waals surface area contributed by atoms with E-state index in [0.29, 0.717) is 31.2 Å². The maximum absolute atomic E-state index is 12.1. The van der Waals surface area contributed by atoms with E-state index < -0.39 is 0 Å². The molecule has 6 nitrogen and oxygen atoms in total. The Balaban J connectivity index is 1.66. The average molecular weight is 372 g/mol. The minimum atomic E-state index is -0.0173. The van der Waals surface area contributed by atoms with Gasteiger partial charge in [0.25, 0.3) is 0 Å². The highest BCUT2D eigenvalue weighted by atomic mass is 16.5. The zero-order valence-corrected chi connectivity index (χ0v) is 16.2. The summed E-state index contributed by atoms with van der Waals surface area (Å²) < 4.78 is 16.2. The number of nitrogens with zero attached hydrogens (tertiary/aromatic N) is 1. The van der Waals surface area contributed by atoms with Crippen molar-refractivity contribution in [1.29, 1.82) is 0 Å². The summed E-state index contributed by atoms with van der Waals surface area (Å²) in [5, 5.41) is 2.93. The fourth-order valence-corrected chi connectivity index (χ4v) is 2.61. The number of amides is 1. The first-order valence-corrected chi connectivity index (χ1v) is 8.96. The van der Waals surface area contributed by atoms with Gasteiger partial charge < -0.3 is 19.5 Å². The normalized spacial score (nSPS) is 10.5. The first kappa shape index (κ1) is 20.6. The monoisotopic (exact) mass is 372 g/mol. The molecule has 0 unspecified atom stereocenters. The van der Waals surface area contributed by atoms with E-state index in [1.54, 1.807) is 14.2 Å². The van der Waals surface area contributed by atoms with Gasteiger partial charge in [-0.05, 0) is 43.3 Å². The van der Waals surface area contributed by atoms with Gasteiger partial charge in [0.2, 0.25) is 5.91 Å². The molecule has 0 radical (unpaired) electrons. The van der Waals surface area contributed by atoms with Gasteiger partial charge >= 0.3 is 0 Å². The minimum absolute atomic E-state index is 0.0173. The predicted octanol–water partition coefficient (Wildman–Crippen LogP) is 2.72. The Morgan fingerprint density at radius 2 is 1.78 bits per heavy atom. The van der Waals surface area contributed by atoms with Gasteiger partial charge in [0, 0.05) is 13.1 Å². The molecule has 0 aliphatic rings. The fraction of sp³-hybridized carbons (Fsp3) is 0.381. The highest BCUT2D eigenvalue weighted by molar-refractivity contribution is 5.78. The van der Waals surface area contributed by atoms with Crippen LogP contribution in [0.2, 0.25) is 0 Å². The van der Waals surface area contributed by atoms with E-state index in [2.05, 4.69) is 5.32 Å². The van der Waals surface area contributed by atoms with Crippen molar-refractivity contribution in [2.45, 2.75) is 13.0 Å². The molecular formula is C21H28N2O4. The van der Waals surface area contributed by atoms with Crippen LogP contribution in [0.3, 0.4) is 0 Å². The van der Waals surface area contributed by atoms with Gasteiger partial charge in [0.15, 0.2) is 11.5 Å². The van der Waals surface area contributed by atoms with Crippen LogP contribution in [0.15, 0.2) is 48.5 Å². The lowest BCUT2D eigenvalue weighted by Crippen LogP contribution is -2.35. The molecule has 0 aliphatic carbocycles. The second kappa shape index (κ2) is 11.1. The molecule has 2 aromatic rings. The van der Waals surface area contributed by atoms with E-state index in [4.69, 9.17) is 14.2 Å². The van der Waals surface area contributed by atoms with E-state index in [1.807, 2.05) is 60.5 Å². The number of likely N-dealkylation sites (N-methyl/N-ethyl adjacent to an activating group) is 1. The van der Waals surface area contributed by atoms with Gasteiger partial charge in [0.1, 0.15) is 5.75 Å². The summed E-state index contributed by atoms with van der Waals surface area (Å²) in [5.41, 5.74) is 0.958. The highest BCUT2D eigenvalue weighted by Crippen LogP contribution is 2.27. The number of methoxy groups -OCH3 is 2. The molecular weight excluding hydrogens is 344 g/mol. The predicted molar refractivity (Wildman–Crippen MR) is 105 cm³/mol. The van der Waals surface area contributed by atoms with Gasteiger partial charge in [-0.1, -0.05) is 24.3 Å². The van der Waals surface area contributed by atoms with Crippen molar-refractivity contribution >= 4 is 5.91 Å². The molecule has 0 heterocycles. The summed E-state index contributed by atoms with van der Waals surface area (Å²) in [6.45, 7) is 2.21. The number of hydrogen-bond acceptors (Lipinski definition) is 5. The van der Waals surface area contributed by atoms with Crippen molar-refractivity contribution in [3.05, 3.63) is 54.1 Å². The number of benzene rings is 2. The SMILES string of the molecule is COc1ccc(CNC(=O)CN(C)CCCOc2ccccc2)cc1OC. The van der Waals surface area contributed by atoms with Crippen LogP contribution in [-0.2, 0) is 11.3 Å². The summed E-state index contributed by atoms with van der Waals surface area (Å²) in [7, 11) is 5.12. The molecule has 1 amide bonds. The molecule has 0 bridgehead atoms. The Hall–Kier alpha value is -2.73. The lowest BCUT2D eigenvalue weighted by atomic mass is 10.2. The molecule has 0 spiro atoms. The smallest absolute Gasteiger partial charge is 0.234 e. The molecule has 0 atom stereocenters. The third-order valence-corrected chi connectivity index (χ3v) is 4.05. The van der Waals surface area contributed by atoms with Crippen molar-refractivity contribution in [3.8, 4) is 17.2 Å². The second-order valence-electron chi connectivity index (χ2n) is 6.22. The fourth-order valence-electron chi connectivity index (χ4n) is 2.61. The number of rotatable bonds is 11. The first-order chi connectivity index (χ1) is 13.1. The number of ether oxygens (including phenoxy) is 3. The van der Waals surface area contributed by atoms with Crippen LogP contribution in [0.4, 0.5) is 0 Å². The third-order valence-electron chi connectivity index (χ3n) is 4.05. The maximum Gasteiger partial charge on any atom is 0.234 e. The molecule has 0 saturated carbocycles. The largest absolute Gasteiger partial charge is 0.494 e. The van der Waals surface area contributed by atoms with Crippen LogP contribution >= 0.6 is 0 Å². The Morgan fingerprint density at radius 1 is 1.04 bits per heavy atom. The molecule has 0 aliphatic heterocycles. The van der Waals surface area contributed by atoms with Crippen molar-refractivity contribution in [2.75, 3.05) is 41.0 Å². The number of carbonyl (C=O) groups is 1. The summed E-state index contributed by atoms with van der Waals surface area (Å²) in [5.74, 6) is 2.17. The summed E-state index contributed by atoms with van der Waals surface area (Å²) >= 11 is 0. The lowest BCUT2D eigenvalue weighted by molar-refractivity contribution is -0.122. The van der Waals surface area contributed by atoms with Gasteiger partial charge in [-0.15, -0.1) is 0 Å². The van der Waals surface area contributed by atoms with Crippen LogP contribution in [0.5, 0.6) is 17.2 Å². The van der Waals surface area contributed by atoms with Crippen LogP contribution in [0.25, 0.3) is 0 Å². The molecule has 1 N–H and O–H groups in total. The molecule has 0 aromatic heterocycles. The summed E-state index contributed by atoms with van der Waals surface area (Å²) in [6, 6.07) is 15.3. The Bertz CT molecular complexity index is 707. The highest BCUT2D eigenvalue weighted by Gasteiger charge is 2.08. The molecule has 146 valence electrons. The quantitative estimate of drug-likeness (QED) is 0.615. The van der Waals surface area contributed by atoms with Crippen LogP contribution < -0.4 is 19.5 Å². The van der Waals surface area contributed by atoms with Crippen molar-refractivity contribution in [1.82, 2.24) is 10.2 Å². The van der Waals surface area contributed by atoms with Crippen molar-refractivity contribution in [2.24, 2.45) is 0 Å². The Kier molecular flexibility index (Phi) is 8.45. The van der Waals surface area contributed by atoms with Crippen molar-refractivity contribution in [3.63, 3.8) is 0 Å². The molecule has 6 heteroatoms. The topological polar surface area (TPSA) is 60.0 Å². The Morgan fingerprint density at radius 3 is 2.48 bits per heavy atom. The summed E-state index contributed by atoms with van der Waals surface area (Å²) in [6.07, 6.45) is 0.856. The van der Waals surface area contributed by atoms with Crippen LogP contribution in [-0.4, -0.2) is 51.8 Å². The number of carbonyl (C=O) groups excluding carboxylic acids is 1. The van der Waals surface area contributed by atoms with Gasteiger partial charge in [-0.25, -0.2) is 0 Å². The Labute approximate surface area is 161 Å². The van der Waals surface area contributed by atoms with Crippen LogP contribution in [0, 0.1) is 0 Å². The number of nitrogens with one attached hydrogen (secondary N) is 1. The van der Waals surface area contributed by atoms with E-state index in [0.717, 1.165) is 24.3 Å². The van der Waals surface area contributed by atoms with Crippen LogP contribution in [0.1, 0.15) is 12.0 Å². The van der Waals surface area contributed by atoms with Crippen molar-refractivity contribution < 1.29 is 19.0 Å². The maximum atomic E-state index is 12.1.